The predicted molar refractivity (Wildman–Crippen MR) is 86.4 cm³/mol. The van der Waals surface area contributed by atoms with Crippen molar-refractivity contribution in [2.75, 3.05) is 19.4 Å². The summed E-state index contributed by atoms with van der Waals surface area (Å²) in [5.74, 6) is -0.744. The number of hydrogen-bond donors (Lipinski definition) is 1. The van der Waals surface area contributed by atoms with Crippen molar-refractivity contribution in [3.63, 3.8) is 0 Å². The Morgan fingerprint density at radius 1 is 1.09 bits per heavy atom. The zero-order valence-electron chi connectivity index (χ0n) is 13.0. The maximum absolute atomic E-state index is 13.2. The second kappa shape index (κ2) is 6.47. The van der Waals surface area contributed by atoms with Gasteiger partial charge < -0.3 is 5.32 Å². The number of carbonyl (C=O) groups excluding carboxylic acids is 1. The summed E-state index contributed by atoms with van der Waals surface area (Å²) in [6, 6.07) is 9.88. The fourth-order valence-electron chi connectivity index (χ4n) is 1.91. The van der Waals surface area contributed by atoms with Crippen LogP contribution < -0.4 is 5.32 Å². The molecule has 0 aromatic heterocycles. The minimum atomic E-state index is -3.53. The minimum absolute atomic E-state index is 0.108. The molecule has 0 aliphatic rings. The van der Waals surface area contributed by atoms with Crippen molar-refractivity contribution >= 4 is 21.6 Å². The molecule has 122 valence electrons. The Labute approximate surface area is 134 Å². The summed E-state index contributed by atoms with van der Waals surface area (Å²) < 4.78 is 38.2. The largest absolute Gasteiger partial charge is 0.322 e. The van der Waals surface area contributed by atoms with Crippen LogP contribution in [0.2, 0.25) is 0 Å². The highest BCUT2D eigenvalue weighted by Crippen LogP contribution is 2.17. The smallest absolute Gasteiger partial charge is 0.255 e. The van der Waals surface area contributed by atoms with Gasteiger partial charge in [0.1, 0.15) is 5.82 Å². The predicted octanol–water partition coefficient (Wildman–Crippen LogP) is 2.64. The third-order valence-corrected chi connectivity index (χ3v) is 5.14. The Kier molecular flexibility index (Phi) is 4.82. The molecular weight excluding hydrogens is 319 g/mol. The molecule has 2 aromatic carbocycles. The van der Waals surface area contributed by atoms with Gasteiger partial charge in [-0.05, 0) is 55.0 Å². The first-order chi connectivity index (χ1) is 10.7. The van der Waals surface area contributed by atoms with Crippen LogP contribution in [0, 0.1) is 12.7 Å². The van der Waals surface area contributed by atoms with Crippen LogP contribution in [0.3, 0.4) is 0 Å². The lowest BCUT2D eigenvalue weighted by molar-refractivity contribution is 0.102. The third kappa shape index (κ3) is 3.75. The van der Waals surface area contributed by atoms with Gasteiger partial charge in [0.15, 0.2) is 0 Å². The number of carbonyl (C=O) groups is 1. The summed E-state index contributed by atoms with van der Waals surface area (Å²) in [4.78, 5) is 12.2. The molecule has 5 nitrogen and oxygen atoms in total. The molecule has 0 fully saturated rings. The van der Waals surface area contributed by atoms with E-state index in [4.69, 9.17) is 0 Å². The van der Waals surface area contributed by atoms with E-state index in [0.29, 0.717) is 16.8 Å². The molecule has 23 heavy (non-hydrogen) atoms. The number of hydrogen-bond acceptors (Lipinski definition) is 3. The number of rotatable bonds is 4. The van der Waals surface area contributed by atoms with Crippen LogP contribution in [-0.2, 0) is 10.0 Å². The number of halogens is 1. The molecule has 0 aliphatic heterocycles. The molecule has 0 saturated carbocycles. The van der Waals surface area contributed by atoms with Gasteiger partial charge in [-0.25, -0.2) is 17.1 Å². The fourth-order valence-corrected chi connectivity index (χ4v) is 2.82. The Balaban J connectivity index is 2.19. The molecule has 2 rings (SSSR count). The summed E-state index contributed by atoms with van der Waals surface area (Å²) in [5, 5.41) is 2.64. The van der Waals surface area contributed by atoms with Gasteiger partial charge in [0.05, 0.1) is 4.90 Å². The molecule has 0 saturated heterocycles. The molecular formula is C16H17FN2O3S. The van der Waals surface area contributed by atoms with E-state index in [0.717, 1.165) is 4.31 Å². The third-order valence-electron chi connectivity index (χ3n) is 3.31. The van der Waals surface area contributed by atoms with Crippen molar-refractivity contribution in [3.05, 3.63) is 59.4 Å². The first-order valence-electron chi connectivity index (χ1n) is 6.82. The summed E-state index contributed by atoms with van der Waals surface area (Å²) in [6.45, 7) is 1.60. The molecule has 0 spiro atoms. The van der Waals surface area contributed by atoms with Crippen molar-refractivity contribution in [1.82, 2.24) is 4.31 Å². The Bertz CT molecular complexity index is 831. The summed E-state index contributed by atoms with van der Waals surface area (Å²) in [6.07, 6.45) is 0. The van der Waals surface area contributed by atoms with Gasteiger partial charge in [-0.2, -0.15) is 0 Å². The van der Waals surface area contributed by atoms with Crippen molar-refractivity contribution in [1.29, 1.82) is 0 Å². The minimum Gasteiger partial charge on any atom is -0.322 e. The van der Waals surface area contributed by atoms with Crippen molar-refractivity contribution in [2.24, 2.45) is 0 Å². The molecule has 1 N–H and O–H groups in total. The lowest BCUT2D eigenvalue weighted by Crippen LogP contribution is -2.22. The van der Waals surface area contributed by atoms with Crippen molar-refractivity contribution in [3.8, 4) is 0 Å². The van der Waals surface area contributed by atoms with Crippen LogP contribution in [0.4, 0.5) is 10.1 Å². The monoisotopic (exact) mass is 336 g/mol. The van der Waals surface area contributed by atoms with Gasteiger partial charge in [-0.3, -0.25) is 4.79 Å². The van der Waals surface area contributed by atoms with E-state index in [1.807, 2.05) is 0 Å². The quantitative estimate of drug-likeness (QED) is 0.933. The first kappa shape index (κ1) is 17.1. The number of amides is 1. The highest BCUT2D eigenvalue weighted by molar-refractivity contribution is 7.89. The number of sulfonamides is 1. The van der Waals surface area contributed by atoms with Crippen LogP contribution in [0.5, 0.6) is 0 Å². The van der Waals surface area contributed by atoms with Gasteiger partial charge in [0, 0.05) is 25.3 Å². The topological polar surface area (TPSA) is 66.5 Å². The van der Waals surface area contributed by atoms with Crippen molar-refractivity contribution in [2.45, 2.75) is 11.8 Å². The fraction of sp³-hybridized carbons (Fsp3) is 0.188. The van der Waals surface area contributed by atoms with E-state index >= 15 is 0 Å². The Hall–Kier alpha value is -2.25. The molecule has 0 radical (unpaired) electrons. The summed E-state index contributed by atoms with van der Waals surface area (Å²) >= 11 is 0. The molecule has 0 heterocycles. The van der Waals surface area contributed by atoms with E-state index in [9.17, 15) is 17.6 Å². The van der Waals surface area contributed by atoms with Crippen LogP contribution in [-0.4, -0.2) is 32.7 Å². The summed E-state index contributed by atoms with van der Waals surface area (Å²) in [5.41, 5.74) is 1.21. The molecule has 2 aromatic rings. The van der Waals surface area contributed by atoms with Crippen molar-refractivity contribution < 1.29 is 17.6 Å². The molecule has 0 aliphatic carbocycles. The van der Waals surface area contributed by atoms with Crippen LogP contribution in [0.15, 0.2) is 47.4 Å². The number of anilines is 1. The molecule has 1 amide bonds. The lowest BCUT2D eigenvalue weighted by atomic mass is 10.2. The SMILES string of the molecule is Cc1cc(NC(=O)c2ccc(S(=O)(=O)N(C)C)cc2)ccc1F. The molecule has 0 unspecified atom stereocenters. The van der Waals surface area contributed by atoms with Gasteiger partial charge >= 0.3 is 0 Å². The molecule has 7 heteroatoms. The number of aryl methyl sites for hydroxylation is 1. The zero-order chi connectivity index (χ0) is 17.2. The van der Waals surface area contributed by atoms with Gasteiger partial charge in [0.25, 0.3) is 5.91 Å². The lowest BCUT2D eigenvalue weighted by Gasteiger charge is -2.12. The van der Waals surface area contributed by atoms with Crippen LogP contribution >= 0.6 is 0 Å². The summed E-state index contributed by atoms with van der Waals surface area (Å²) in [7, 11) is -0.654. The average Bonchev–Trinajstić information content (AvgIpc) is 2.51. The highest BCUT2D eigenvalue weighted by atomic mass is 32.2. The standard InChI is InChI=1S/C16H17FN2O3S/c1-11-10-13(6-9-15(11)17)18-16(20)12-4-7-14(8-5-12)23(21,22)19(2)3/h4-10H,1-3H3,(H,18,20). The number of nitrogens with one attached hydrogen (secondary N) is 1. The zero-order valence-corrected chi connectivity index (χ0v) is 13.8. The van der Waals surface area contributed by atoms with Gasteiger partial charge in [-0.15, -0.1) is 0 Å². The van der Waals surface area contributed by atoms with E-state index in [-0.39, 0.29) is 10.7 Å². The van der Waals surface area contributed by atoms with E-state index < -0.39 is 15.9 Å². The first-order valence-corrected chi connectivity index (χ1v) is 8.26. The highest BCUT2D eigenvalue weighted by Gasteiger charge is 2.17. The number of nitrogens with zero attached hydrogens (tertiary/aromatic N) is 1. The maximum Gasteiger partial charge on any atom is 0.255 e. The van der Waals surface area contributed by atoms with Crippen LogP contribution in [0.1, 0.15) is 15.9 Å². The van der Waals surface area contributed by atoms with Gasteiger partial charge in [-0.1, -0.05) is 0 Å². The van der Waals surface area contributed by atoms with E-state index in [1.54, 1.807) is 6.92 Å². The second-order valence-electron chi connectivity index (χ2n) is 5.23. The molecule has 0 bridgehead atoms. The normalized spacial score (nSPS) is 11.5. The second-order valence-corrected chi connectivity index (χ2v) is 7.38. The molecule has 0 atom stereocenters. The van der Waals surface area contributed by atoms with Gasteiger partial charge in [0.2, 0.25) is 10.0 Å². The van der Waals surface area contributed by atoms with E-state index in [1.165, 1.54) is 56.6 Å². The Morgan fingerprint density at radius 3 is 2.22 bits per heavy atom. The van der Waals surface area contributed by atoms with E-state index in [2.05, 4.69) is 5.32 Å². The Morgan fingerprint density at radius 2 is 1.70 bits per heavy atom. The maximum atomic E-state index is 13.2. The van der Waals surface area contributed by atoms with Crippen LogP contribution in [0.25, 0.3) is 0 Å². The number of benzene rings is 2. The average molecular weight is 336 g/mol.